The van der Waals surface area contributed by atoms with Crippen LogP contribution in [0.4, 0.5) is 11.5 Å². The molecule has 1 amide bonds. The number of ether oxygens (including phenoxy) is 1. The Balaban J connectivity index is 1.68. The van der Waals surface area contributed by atoms with Crippen molar-refractivity contribution in [1.82, 2.24) is 10.3 Å². The fourth-order valence-corrected chi connectivity index (χ4v) is 3.63. The number of hydrogen-bond acceptors (Lipinski definition) is 5. The van der Waals surface area contributed by atoms with Gasteiger partial charge in [-0.25, -0.2) is 4.98 Å². The van der Waals surface area contributed by atoms with Crippen molar-refractivity contribution in [3.05, 3.63) is 82.6 Å². The average molecular weight is 389 g/mol. The number of thiophene rings is 1. The highest BCUT2D eigenvalue weighted by Crippen LogP contribution is 2.28. The van der Waals surface area contributed by atoms with E-state index in [0.717, 1.165) is 21.5 Å². The van der Waals surface area contributed by atoms with E-state index in [1.807, 2.05) is 66.0 Å². The van der Waals surface area contributed by atoms with Crippen molar-refractivity contribution < 1.29 is 9.53 Å². The Morgan fingerprint density at radius 2 is 1.89 bits per heavy atom. The summed E-state index contributed by atoms with van der Waals surface area (Å²) in [5.74, 6) is 1.17. The highest BCUT2D eigenvalue weighted by molar-refractivity contribution is 7.09. The Labute approximate surface area is 167 Å². The predicted molar refractivity (Wildman–Crippen MR) is 114 cm³/mol. The van der Waals surface area contributed by atoms with Crippen LogP contribution >= 0.6 is 11.3 Å². The number of amides is 1. The van der Waals surface area contributed by atoms with E-state index < -0.39 is 0 Å². The monoisotopic (exact) mass is 389 g/mol. The average Bonchev–Trinajstić information content (AvgIpc) is 3.25. The summed E-state index contributed by atoms with van der Waals surface area (Å²) < 4.78 is 5.39. The number of anilines is 2. The number of benzene rings is 2. The van der Waals surface area contributed by atoms with Crippen LogP contribution in [-0.4, -0.2) is 18.0 Å². The first-order chi connectivity index (χ1) is 13.7. The molecule has 5 nitrogen and oxygen atoms in total. The summed E-state index contributed by atoms with van der Waals surface area (Å²) >= 11 is 1.62. The number of aromatic nitrogens is 1. The number of fused-ring (bicyclic) bond motifs is 1. The molecular weight excluding hydrogens is 370 g/mol. The SMILES string of the molecule is COc1ccccc1Nc1cc(C(=O)NCc2cccs2)c2ccccc2n1. The van der Waals surface area contributed by atoms with Crippen LogP contribution in [-0.2, 0) is 6.54 Å². The van der Waals surface area contributed by atoms with E-state index >= 15 is 0 Å². The van der Waals surface area contributed by atoms with Gasteiger partial charge in [0.2, 0.25) is 0 Å². The first kappa shape index (κ1) is 18.0. The fourth-order valence-electron chi connectivity index (χ4n) is 2.99. The van der Waals surface area contributed by atoms with Crippen LogP contribution in [0.2, 0.25) is 0 Å². The standard InChI is InChI=1S/C22H19N3O2S/c1-27-20-11-5-4-10-19(20)25-21-13-17(16-8-2-3-9-18(16)24-21)22(26)23-14-15-7-6-12-28-15/h2-13H,14H2,1H3,(H,23,26)(H,24,25). The summed E-state index contributed by atoms with van der Waals surface area (Å²) in [4.78, 5) is 18.7. The van der Waals surface area contributed by atoms with E-state index in [1.54, 1.807) is 24.5 Å². The summed E-state index contributed by atoms with van der Waals surface area (Å²) in [5.41, 5.74) is 2.13. The zero-order valence-electron chi connectivity index (χ0n) is 15.3. The van der Waals surface area contributed by atoms with Crippen molar-refractivity contribution in [3.8, 4) is 5.75 Å². The molecule has 2 heterocycles. The van der Waals surface area contributed by atoms with Crippen molar-refractivity contribution in [2.45, 2.75) is 6.54 Å². The molecule has 0 radical (unpaired) electrons. The third-order valence-electron chi connectivity index (χ3n) is 4.33. The minimum absolute atomic E-state index is 0.130. The van der Waals surface area contributed by atoms with Gasteiger partial charge in [0, 0.05) is 10.3 Å². The maximum absolute atomic E-state index is 12.9. The highest BCUT2D eigenvalue weighted by atomic mass is 32.1. The van der Waals surface area contributed by atoms with Crippen LogP contribution in [0.5, 0.6) is 5.75 Å². The van der Waals surface area contributed by atoms with Gasteiger partial charge >= 0.3 is 0 Å². The minimum atomic E-state index is -0.130. The molecule has 0 fully saturated rings. The summed E-state index contributed by atoms with van der Waals surface area (Å²) in [6.07, 6.45) is 0. The minimum Gasteiger partial charge on any atom is -0.495 e. The highest BCUT2D eigenvalue weighted by Gasteiger charge is 2.14. The number of nitrogens with one attached hydrogen (secondary N) is 2. The summed E-state index contributed by atoms with van der Waals surface area (Å²) in [6, 6.07) is 21.0. The van der Waals surface area contributed by atoms with E-state index in [-0.39, 0.29) is 5.91 Å². The lowest BCUT2D eigenvalue weighted by atomic mass is 10.1. The second-order valence-corrected chi connectivity index (χ2v) is 7.19. The lowest BCUT2D eigenvalue weighted by Crippen LogP contribution is -2.22. The number of para-hydroxylation sites is 3. The van der Waals surface area contributed by atoms with Gasteiger partial charge in [0.15, 0.2) is 0 Å². The van der Waals surface area contributed by atoms with E-state index in [4.69, 9.17) is 4.74 Å². The Kier molecular flexibility index (Phi) is 5.21. The summed E-state index contributed by atoms with van der Waals surface area (Å²) in [5, 5.41) is 9.08. The molecule has 0 atom stereocenters. The molecule has 0 saturated carbocycles. The maximum Gasteiger partial charge on any atom is 0.252 e. The first-order valence-electron chi connectivity index (χ1n) is 8.85. The number of nitrogens with zero attached hydrogens (tertiary/aromatic N) is 1. The molecule has 4 rings (SSSR count). The van der Waals surface area contributed by atoms with Crippen LogP contribution < -0.4 is 15.4 Å². The van der Waals surface area contributed by atoms with Gasteiger partial charge in [-0.3, -0.25) is 4.79 Å². The second kappa shape index (κ2) is 8.10. The van der Waals surface area contributed by atoms with Gasteiger partial charge in [0.25, 0.3) is 5.91 Å². The van der Waals surface area contributed by atoms with E-state index in [0.29, 0.717) is 23.7 Å². The van der Waals surface area contributed by atoms with Crippen molar-refractivity contribution in [2.24, 2.45) is 0 Å². The molecule has 0 aliphatic rings. The van der Waals surface area contributed by atoms with E-state index in [9.17, 15) is 4.79 Å². The molecule has 2 aromatic carbocycles. The third-order valence-corrected chi connectivity index (χ3v) is 5.21. The largest absolute Gasteiger partial charge is 0.495 e. The van der Waals surface area contributed by atoms with Crippen LogP contribution in [0, 0.1) is 0 Å². The molecule has 0 bridgehead atoms. The number of hydrogen-bond donors (Lipinski definition) is 2. The molecule has 0 aliphatic heterocycles. The molecule has 6 heteroatoms. The Hall–Kier alpha value is -3.38. The molecule has 0 saturated heterocycles. The van der Waals surface area contributed by atoms with Gasteiger partial charge in [-0.15, -0.1) is 11.3 Å². The summed E-state index contributed by atoms with van der Waals surface area (Å²) in [7, 11) is 1.62. The van der Waals surface area contributed by atoms with Gasteiger partial charge in [-0.1, -0.05) is 36.4 Å². The summed E-state index contributed by atoms with van der Waals surface area (Å²) in [6.45, 7) is 0.502. The number of carbonyl (C=O) groups is 1. The molecule has 0 unspecified atom stereocenters. The zero-order valence-corrected chi connectivity index (χ0v) is 16.1. The van der Waals surface area contributed by atoms with Gasteiger partial charge in [-0.05, 0) is 35.7 Å². The van der Waals surface area contributed by atoms with E-state index in [2.05, 4.69) is 15.6 Å². The number of carbonyl (C=O) groups excluding carboxylic acids is 1. The van der Waals surface area contributed by atoms with Crippen molar-refractivity contribution in [3.63, 3.8) is 0 Å². The molecule has 2 aromatic heterocycles. The van der Waals surface area contributed by atoms with Crippen LogP contribution in [0.3, 0.4) is 0 Å². The van der Waals surface area contributed by atoms with Crippen LogP contribution in [0.25, 0.3) is 10.9 Å². The number of pyridine rings is 1. The van der Waals surface area contributed by atoms with Crippen LogP contribution in [0.1, 0.15) is 15.2 Å². The molecule has 28 heavy (non-hydrogen) atoms. The van der Waals surface area contributed by atoms with Gasteiger partial charge in [-0.2, -0.15) is 0 Å². The Morgan fingerprint density at radius 3 is 2.71 bits per heavy atom. The lowest BCUT2D eigenvalue weighted by Gasteiger charge is -2.13. The van der Waals surface area contributed by atoms with Gasteiger partial charge < -0.3 is 15.4 Å². The third kappa shape index (κ3) is 3.82. The molecule has 2 N–H and O–H groups in total. The van der Waals surface area contributed by atoms with Crippen molar-refractivity contribution >= 4 is 39.7 Å². The first-order valence-corrected chi connectivity index (χ1v) is 9.73. The smallest absolute Gasteiger partial charge is 0.252 e. The van der Waals surface area contributed by atoms with Crippen molar-refractivity contribution in [1.29, 1.82) is 0 Å². The number of methoxy groups -OCH3 is 1. The normalized spacial score (nSPS) is 10.6. The Morgan fingerprint density at radius 1 is 1.07 bits per heavy atom. The van der Waals surface area contributed by atoms with Gasteiger partial charge in [0.1, 0.15) is 11.6 Å². The topological polar surface area (TPSA) is 63.2 Å². The zero-order chi connectivity index (χ0) is 19.3. The molecular formula is C22H19N3O2S. The van der Waals surface area contributed by atoms with Gasteiger partial charge in [0.05, 0.1) is 30.4 Å². The molecule has 4 aromatic rings. The molecule has 0 spiro atoms. The van der Waals surface area contributed by atoms with Crippen LogP contribution in [0.15, 0.2) is 72.1 Å². The maximum atomic E-state index is 12.9. The fraction of sp³-hybridized carbons (Fsp3) is 0.0909. The van der Waals surface area contributed by atoms with Crippen molar-refractivity contribution in [2.75, 3.05) is 12.4 Å². The second-order valence-electron chi connectivity index (χ2n) is 6.16. The Bertz CT molecular complexity index is 1110. The molecule has 0 aliphatic carbocycles. The predicted octanol–water partition coefficient (Wildman–Crippen LogP) is 4.98. The quantitative estimate of drug-likeness (QED) is 0.488. The van der Waals surface area contributed by atoms with E-state index in [1.165, 1.54) is 0 Å². The lowest BCUT2D eigenvalue weighted by molar-refractivity contribution is 0.0953. The molecule has 140 valence electrons. The number of rotatable bonds is 6.